The summed E-state index contributed by atoms with van der Waals surface area (Å²) in [5.41, 5.74) is 3.28. The molecule has 0 saturated heterocycles. The van der Waals surface area contributed by atoms with Crippen LogP contribution in [0.25, 0.3) is 5.78 Å². The van der Waals surface area contributed by atoms with E-state index in [1.807, 2.05) is 6.92 Å². The monoisotopic (exact) mass is 313 g/mol. The van der Waals surface area contributed by atoms with Crippen molar-refractivity contribution in [3.05, 3.63) is 34.9 Å². The van der Waals surface area contributed by atoms with Crippen LogP contribution in [0.3, 0.4) is 0 Å². The largest absolute Gasteiger partial charge is 0.263 e. The van der Waals surface area contributed by atoms with Crippen molar-refractivity contribution < 1.29 is 0 Å². The van der Waals surface area contributed by atoms with Crippen LogP contribution in [0, 0.1) is 13.8 Å². The highest BCUT2D eigenvalue weighted by Gasteiger charge is 2.12. The molecular weight excluding hydrogens is 290 g/mol. The van der Waals surface area contributed by atoms with E-state index in [2.05, 4.69) is 44.1 Å². The first-order valence-corrected chi connectivity index (χ1v) is 8.25. The SMILES string of the molecule is CCCCCc1nc(CCc2c(C)nc3ncnn3c2C)n[nH]1. The molecule has 0 unspecified atom stereocenters. The van der Waals surface area contributed by atoms with E-state index in [4.69, 9.17) is 0 Å². The Bertz CT molecular complexity index is 787. The summed E-state index contributed by atoms with van der Waals surface area (Å²) >= 11 is 0. The number of aromatic nitrogens is 7. The van der Waals surface area contributed by atoms with E-state index in [0.29, 0.717) is 5.78 Å². The van der Waals surface area contributed by atoms with E-state index in [1.165, 1.54) is 24.7 Å². The Morgan fingerprint density at radius 3 is 2.78 bits per heavy atom. The molecule has 7 heteroatoms. The summed E-state index contributed by atoms with van der Waals surface area (Å²) in [6.07, 6.45) is 7.79. The molecule has 3 aromatic heterocycles. The van der Waals surface area contributed by atoms with Crippen LogP contribution >= 0.6 is 0 Å². The van der Waals surface area contributed by atoms with Crippen LogP contribution in [0.5, 0.6) is 0 Å². The smallest absolute Gasteiger partial charge is 0.252 e. The summed E-state index contributed by atoms with van der Waals surface area (Å²) in [5, 5.41) is 11.6. The third-order valence-corrected chi connectivity index (χ3v) is 4.18. The fraction of sp³-hybridized carbons (Fsp3) is 0.562. The number of hydrogen-bond donors (Lipinski definition) is 1. The lowest BCUT2D eigenvalue weighted by Crippen LogP contribution is -2.07. The van der Waals surface area contributed by atoms with Gasteiger partial charge < -0.3 is 0 Å². The van der Waals surface area contributed by atoms with Gasteiger partial charge in [0.1, 0.15) is 12.2 Å². The molecule has 1 N–H and O–H groups in total. The molecular formula is C16H23N7. The van der Waals surface area contributed by atoms with Crippen LogP contribution in [-0.4, -0.2) is 34.8 Å². The standard InChI is InChI=1S/C16H23N7/c1-4-5-6-7-14-20-15(22-21-14)9-8-13-11(2)19-16-17-10-18-23(16)12(13)3/h10H,4-9H2,1-3H3,(H,20,21,22). The number of nitrogens with one attached hydrogen (secondary N) is 1. The molecule has 0 radical (unpaired) electrons. The summed E-state index contributed by atoms with van der Waals surface area (Å²) in [6, 6.07) is 0. The molecule has 0 bridgehead atoms. The normalized spacial score (nSPS) is 11.4. The third-order valence-electron chi connectivity index (χ3n) is 4.18. The molecule has 23 heavy (non-hydrogen) atoms. The Labute approximate surface area is 135 Å². The predicted octanol–water partition coefficient (Wildman–Crippen LogP) is 2.38. The minimum Gasteiger partial charge on any atom is -0.263 e. The molecule has 0 aliphatic heterocycles. The minimum atomic E-state index is 0.653. The van der Waals surface area contributed by atoms with Gasteiger partial charge in [-0.2, -0.15) is 15.2 Å². The summed E-state index contributed by atoms with van der Waals surface area (Å²) in [6.45, 7) is 6.28. The van der Waals surface area contributed by atoms with Gasteiger partial charge in [-0.15, -0.1) is 0 Å². The zero-order chi connectivity index (χ0) is 16.2. The maximum atomic E-state index is 4.59. The molecule has 0 fully saturated rings. The van der Waals surface area contributed by atoms with Crippen LogP contribution in [0.15, 0.2) is 6.33 Å². The van der Waals surface area contributed by atoms with E-state index in [9.17, 15) is 0 Å². The molecule has 0 aliphatic rings. The van der Waals surface area contributed by atoms with Gasteiger partial charge in [-0.3, -0.25) is 5.10 Å². The van der Waals surface area contributed by atoms with Gasteiger partial charge in [0.2, 0.25) is 0 Å². The lowest BCUT2D eigenvalue weighted by atomic mass is 10.1. The molecule has 122 valence electrons. The maximum absolute atomic E-state index is 4.59. The number of rotatable bonds is 7. The van der Waals surface area contributed by atoms with E-state index in [-0.39, 0.29) is 0 Å². The van der Waals surface area contributed by atoms with E-state index < -0.39 is 0 Å². The second-order valence-corrected chi connectivity index (χ2v) is 5.89. The van der Waals surface area contributed by atoms with Gasteiger partial charge in [0.05, 0.1) is 0 Å². The first-order chi connectivity index (χ1) is 11.2. The highest BCUT2D eigenvalue weighted by Crippen LogP contribution is 2.15. The molecule has 3 rings (SSSR count). The fourth-order valence-electron chi connectivity index (χ4n) is 2.85. The topological polar surface area (TPSA) is 84.7 Å². The van der Waals surface area contributed by atoms with Gasteiger partial charge in [-0.1, -0.05) is 19.8 Å². The minimum absolute atomic E-state index is 0.653. The average molecular weight is 313 g/mol. The van der Waals surface area contributed by atoms with Crippen molar-refractivity contribution in [3.8, 4) is 0 Å². The first kappa shape index (κ1) is 15.6. The summed E-state index contributed by atoms with van der Waals surface area (Å²) in [7, 11) is 0. The Morgan fingerprint density at radius 1 is 1.09 bits per heavy atom. The average Bonchev–Trinajstić information content (AvgIpc) is 3.16. The van der Waals surface area contributed by atoms with E-state index in [1.54, 1.807) is 4.52 Å². The number of nitrogens with zero attached hydrogens (tertiary/aromatic N) is 6. The van der Waals surface area contributed by atoms with Crippen LogP contribution in [0.1, 0.15) is 54.8 Å². The number of H-pyrrole nitrogens is 1. The Balaban J connectivity index is 1.68. The van der Waals surface area contributed by atoms with Crippen LogP contribution in [-0.2, 0) is 19.3 Å². The summed E-state index contributed by atoms with van der Waals surface area (Å²) in [5.74, 6) is 2.51. The summed E-state index contributed by atoms with van der Waals surface area (Å²) in [4.78, 5) is 13.2. The Morgan fingerprint density at radius 2 is 1.96 bits per heavy atom. The molecule has 0 aliphatic carbocycles. The predicted molar refractivity (Wildman–Crippen MR) is 87.3 cm³/mol. The van der Waals surface area contributed by atoms with Gasteiger partial charge in [0.25, 0.3) is 5.78 Å². The molecule has 3 aromatic rings. The van der Waals surface area contributed by atoms with Gasteiger partial charge in [-0.05, 0) is 32.3 Å². The lowest BCUT2D eigenvalue weighted by molar-refractivity contribution is 0.695. The van der Waals surface area contributed by atoms with Crippen LogP contribution in [0.2, 0.25) is 0 Å². The van der Waals surface area contributed by atoms with Crippen molar-refractivity contribution in [2.45, 2.75) is 59.3 Å². The zero-order valence-electron chi connectivity index (χ0n) is 14.0. The lowest BCUT2D eigenvalue weighted by Gasteiger charge is -2.09. The molecule has 0 aromatic carbocycles. The highest BCUT2D eigenvalue weighted by molar-refractivity contribution is 5.36. The quantitative estimate of drug-likeness (QED) is 0.677. The van der Waals surface area contributed by atoms with Gasteiger partial charge >= 0.3 is 0 Å². The van der Waals surface area contributed by atoms with E-state index >= 15 is 0 Å². The number of fused-ring (bicyclic) bond motifs is 1. The molecule has 3 heterocycles. The van der Waals surface area contributed by atoms with Gasteiger partial charge in [0.15, 0.2) is 5.82 Å². The molecule has 0 saturated carbocycles. The van der Waals surface area contributed by atoms with Crippen molar-refractivity contribution in [2.24, 2.45) is 0 Å². The Hall–Kier alpha value is -2.31. The van der Waals surface area contributed by atoms with E-state index in [0.717, 1.165) is 48.7 Å². The zero-order valence-corrected chi connectivity index (χ0v) is 14.0. The second-order valence-electron chi connectivity index (χ2n) is 5.89. The van der Waals surface area contributed by atoms with Crippen LogP contribution < -0.4 is 0 Å². The van der Waals surface area contributed by atoms with Crippen molar-refractivity contribution in [3.63, 3.8) is 0 Å². The molecule has 7 nitrogen and oxygen atoms in total. The Kier molecular flexibility index (Phi) is 4.64. The van der Waals surface area contributed by atoms with Crippen LogP contribution in [0.4, 0.5) is 0 Å². The maximum Gasteiger partial charge on any atom is 0.252 e. The number of aromatic amines is 1. The molecule has 0 spiro atoms. The van der Waals surface area contributed by atoms with Crippen molar-refractivity contribution in [1.29, 1.82) is 0 Å². The fourth-order valence-corrected chi connectivity index (χ4v) is 2.85. The van der Waals surface area contributed by atoms with Gasteiger partial charge in [-0.25, -0.2) is 14.5 Å². The van der Waals surface area contributed by atoms with Crippen molar-refractivity contribution in [2.75, 3.05) is 0 Å². The van der Waals surface area contributed by atoms with Gasteiger partial charge in [0, 0.05) is 24.2 Å². The number of unbranched alkanes of at least 4 members (excludes halogenated alkanes) is 2. The summed E-state index contributed by atoms with van der Waals surface area (Å²) < 4.78 is 1.79. The number of aryl methyl sites for hydroxylation is 4. The molecule has 0 atom stereocenters. The molecule has 0 amide bonds. The number of hydrogen-bond acceptors (Lipinski definition) is 5. The first-order valence-electron chi connectivity index (χ1n) is 8.25. The third kappa shape index (κ3) is 3.38. The highest BCUT2D eigenvalue weighted by atomic mass is 15.3. The second kappa shape index (κ2) is 6.85. The van der Waals surface area contributed by atoms with Crippen molar-refractivity contribution in [1.82, 2.24) is 34.8 Å². The van der Waals surface area contributed by atoms with Crippen molar-refractivity contribution >= 4 is 5.78 Å².